The number of hydrogen-bond donors (Lipinski definition) is 2. The molecule has 0 aliphatic heterocycles. The van der Waals surface area contributed by atoms with Gasteiger partial charge in [-0.2, -0.15) is 0 Å². The smallest absolute Gasteiger partial charge is 0.331 e. The van der Waals surface area contributed by atoms with Crippen LogP contribution in [0.4, 0.5) is 5.00 Å². The molecule has 0 saturated heterocycles. The second-order valence-electron chi connectivity index (χ2n) is 5.40. The maximum Gasteiger partial charge on any atom is 0.331 e. The van der Waals surface area contributed by atoms with Gasteiger partial charge >= 0.3 is 5.97 Å². The third kappa shape index (κ3) is 5.68. The predicted octanol–water partition coefficient (Wildman–Crippen LogP) is 2.83. The summed E-state index contributed by atoms with van der Waals surface area (Å²) in [5.74, 6) is -1.24. The summed E-state index contributed by atoms with van der Waals surface area (Å²) in [6.45, 7) is 3.81. The van der Waals surface area contributed by atoms with Crippen molar-refractivity contribution in [2.24, 2.45) is 5.73 Å². The van der Waals surface area contributed by atoms with Gasteiger partial charge in [0.1, 0.15) is 10.8 Å². The first-order valence-electron chi connectivity index (χ1n) is 8.21. The minimum Gasteiger partial charge on any atom is -0.493 e. The van der Waals surface area contributed by atoms with E-state index in [9.17, 15) is 14.4 Å². The van der Waals surface area contributed by atoms with Crippen LogP contribution in [0.1, 0.15) is 29.8 Å². The number of anilines is 1. The van der Waals surface area contributed by atoms with Crippen molar-refractivity contribution >= 4 is 40.2 Å². The Morgan fingerprint density at radius 2 is 2.00 bits per heavy atom. The number of para-hydroxylation sites is 1. The van der Waals surface area contributed by atoms with E-state index in [1.54, 1.807) is 23.6 Å². The summed E-state index contributed by atoms with van der Waals surface area (Å²) in [5, 5.41) is 4.48. The van der Waals surface area contributed by atoms with E-state index in [1.807, 2.05) is 19.1 Å². The minimum atomic E-state index is -1.05. The van der Waals surface area contributed by atoms with Gasteiger partial charge in [-0.1, -0.05) is 18.2 Å². The van der Waals surface area contributed by atoms with Gasteiger partial charge in [-0.15, -0.1) is 11.3 Å². The molecule has 2 aromatic rings. The summed E-state index contributed by atoms with van der Waals surface area (Å²) in [5.41, 5.74) is 6.16. The molecule has 0 spiro atoms. The van der Waals surface area contributed by atoms with Gasteiger partial charge in [-0.25, -0.2) is 4.79 Å². The molecule has 1 atom stereocenters. The lowest BCUT2D eigenvalue weighted by Gasteiger charge is -2.12. The van der Waals surface area contributed by atoms with Gasteiger partial charge in [0, 0.05) is 11.6 Å². The summed E-state index contributed by atoms with van der Waals surface area (Å²) in [6, 6.07) is 8.76. The average Bonchev–Trinajstić information content (AvgIpc) is 3.09. The fraction of sp³-hybridized carbons (Fsp3) is 0.211. The number of primary amides is 1. The van der Waals surface area contributed by atoms with Crippen molar-refractivity contribution in [1.29, 1.82) is 0 Å². The van der Waals surface area contributed by atoms with Crippen molar-refractivity contribution in [2.45, 2.75) is 20.0 Å². The molecule has 1 aromatic heterocycles. The Morgan fingerprint density at radius 1 is 1.26 bits per heavy atom. The fourth-order valence-electron chi connectivity index (χ4n) is 2.14. The average molecular weight is 388 g/mol. The number of hydrogen-bond acceptors (Lipinski definition) is 6. The first-order valence-corrected chi connectivity index (χ1v) is 9.09. The molecule has 2 amide bonds. The summed E-state index contributed by atoms with van der Waals surface area (Å²) < 4.78 is 10.6. The number of carbonyl (C=O) groups excluding carboxylic acids is 3. The Labute approximate surface area is 160 Å². The van der Waals surface area contributed by atoms with Gasteiger partial charge in [-0.05, 0) is 37.4 Å². The van der Waals surface area contributed by atoms with Crippen LogP contribution in [0.2, 0.25) is 0 Å². The highest BCUT2D eigenvalue weighted by Crippen LogP contribution is 2.23. The zero-order valence-electron chi connectivity index (χ0n) is 14.9. The lowest BCUT2D eigenvalue weighted by molar-refractivity contribution is -0.148. The number of thiophene rings is 1. The van der Waals surface area contributed by atoms with E-state index in [2.05, 4.69) is 5.32 Å². The number of nitrogens with two attached hydrogens (primary N) is 1. The molecule has 0 radical (unpaired) electrons. The van der Waals surface area contributed by atoms with Gasteiger partial charge in [0.15, 0.2) is 6.10 Å². The number of amides is 2. The van der Waals surface area contributed by atoms with E-state index in [4.69, 9.17) is 15.2 Å². The first-order chi connectivity index (χ1) is 12.9. The van der Waals surface area contributed by atoms with Crippen LogP contribution in [0.5, 0.6) is 5.75 Å². The van der Waals surface area contributed by atoms with Crippen LogP contribution in [-0.4, -0.2) is 30.5 Å². The number of ether oxygens (including phenoxy) is 2. The van der Waals surface area contributed by atoms with Gasteiger partial charge in [0.25, 0.3) is 11.8 Å². The molecule has 1 unspecified atom stereocenters. The Hall–Kier alpha value is -3.13. The van der Waals surface area contributed by atoms with Gasteiger partial charge in [0.2, 0.25) is 0 Å². The minimum absolute atomic E-state index is 0.208. The summed E-state index contributed by atoms with van der Waals surface area (Å²) >= 11 is 1.16. The Balaban J connectivity index is 1.96. The number of rotatable bonds is 8. The van der Waals surface area contributed by atoms with E-state index >= 15 is 0 Å². The molecule has 0 bridgehead atoms. The Morgan fingerprint density at radius 3 is 2.70 bits per heavy atom. The molecular formula is C19H20N2O5S. The second-order valence-corrected chi connectivity index (χ2v) is 6.32. The van der Waals surface area contributed by atoms with Crippen molar-refractivity contribution in [2.75, 3.05) is 11.9 Å². The number of nitrogens with one attached hydrogen (secondary N) is 1. The second kappa shape index (κ2) is 9.54. The Bertz CT molecular complexity index is 859. The van der Waals surface area contributed by atoms with Crippen molar-refractivity contribution in [3.8, 4) is 5.75 Å². The highest BCUT2D eigenvalue weighted by Gasteiger charge is 2.19. The van der Waals surface area contributed by atoms with E-state index in [0.29, 0.717) is 17.4 Å². The maximum absolute atomic E-state index is 12.2. The standard InChI is InChI=1S/C19H20N2O5S/c1-3-25-15-7-5-4-6-13(15)8-9-16(22)26-12(2)18(24)21-19-14(17(20)23)10-11-27-19/h4-12H,3H2,1-2H3,(H2,20,23)(H,21,24)/b9-8+. The summed E-state index contributed by atoms with van der Waals surface area (Å²) in [7, 11) is 0. The predicted molar refractivity (Wildman–Crippen MR) is 104 cm³/mol. The van der Waals surface area contributed by atoms with Crippen molar-refractivity contribution in [3.63, 3.8) is 0 Å². The largest absolute Gasteiger partial charge is 0.493 e. The molecule has 1 aromatic carbocycles. The first kappa shape index (κ1) is 20.2. The van der Waals surface area contributed by atoms with E-state index in [1.165, 1.54) is 19.1 Å². The fourth-order valence-corrected chi connectivity index (χ4v) is 2.94. The lowest BCUT2D eigenvalue weighted by atomic mass is 10.2. The molecule has 0 aliphatic rings. The Kier molecular flexibility index (Phi) is 7.13. The van der Waals surface area contributed by atoms with Crippen LogP contribution in [0, 0.1) is 0 Å². The monoisotopic (exact) mass is 388 g/mol. The molecule has 0 saturated carbocycles. The molecule has 0 fully saturated rings. The maximum atomic E-state index is 12.2. The molecule has 27 heavy (non-hydrogen) atoms. The highest BCUT2D eigenvalue weighted by molar-refractivity contribution is 7.14. The number of esters is 1. The van der Waals surface area contributed by atoms with Crippen molar-refractivity contribution in [1.82, 2.24) is 0 Å². The van der Waals surface area contributed by atoms with Crippen molar-refractivity contribution < 1.29 is 23.9 Å². The quantitative estimate of drug-likeness (QED) is 0.534. The molecule has 7 nitrogen and oxygen atoms in total. The zero-order chi connectivity index (χ0) is 19.8. The summed E-state index contributed by atoms with van der Waals surface area (Å²) in [6.07, 6.45) is 1.73. The SMILES string of the molecule is CCOc1ccccc1/C=C/C(=O)OC(C)C(=O)Nc1sccc1C(N)=O. The van der Waals surface area contributed by atoms with E-state index in [0.717, 1.165) is 16.9 Å². The summed E-state index contributed by atoms with van der Waals surface area (Å²) in [4.78, 5) is 35.4. The molecule has 3 N–H and O–H groups in total. The molecule has 142 valence electrons. The van der Waals surface area contributed by atoms with Gasteiger partial charge in [0.05, 0.1) is 12.2 Å². The third-order valence-electron chi connectivity index (χ3n) is 3.45. The van der Waals surface area contributed by atoms with E-state index in [-0.39, 0.29) is 5.56 Å². The van der Waals surface area contributed by atoms with Gasteiger partial charge < -0.3 is 20.5 Å². The molecule has 8 heteroatoms. The molecular weight excluding hydrogens is 368 g/mol. The van der Waals surface area contributed by atoms with Crippen LogP contribution < -0.4 is 15.8 Å². The van der Waals surface area contributed by atoms with Crippen LogP contribution in [0.3, 0.4) is 0 Å². The van der Waals surface area contributed by atoms with Crippen LogP contribution >= 0.6 is 11.3 Å². The molecule has 1 heterocycles. The molecule has 0 aliphatic carbocycles. The highest BCUT2D eigenvalue weighted by atomic mass is 32.1. The number of benzene rings is 1. The van der Waals surface area contributed by atoms with Crippen molar-refractivity contribution in [3.05, 3.63) is 52.9 Å². The lowest BCUT2D eigenvalue weighted by Crippen LogP contribution is -2.29. The molecule has 2 rings (SSSR count). The third-order valence-corrected chi connectivity index (χ3v) is 4.28. The van der Waals surface area contributed by atoms with Gasteiger partial charge in [-0.3, -0.25) is 9.59 Å². The van der Waals surface area contributed by atoms with Crippen LogP contribution in [0.25, 0.3) is 6.08 Å². The topological polar surface area (TPSA) is 108 Å². The van der Waals surface area contributed by atoms with E-state index < -0.39 is 23.9 Å². The van der Waals surface area contributed by atoms with Crippen LogP contribution in [0.15, 0.2) is 41.8 Å². The normalized spacial score (nSPS) is 11.8. The van der Waals surface area contributed by atoms with Crippen LogP contribution in [-0.2, 0) is 14.3 Å². The zero-order valence-corrected chi connectivity index (χ0v) is 15.7. The number of carbonyl (C=O) groups is 3.